The van der Waals surface area contributed by atoms with Gasteiger partial charge >= 0.3 is 0 Å². The Bertz CT molecular complexity index is 649. The molecule has 0 unspecified atom stereocenters. The van der Waals surface area contributed by atoms with Gasteiger partial charge < -0.3 is 0 Å². The molecule has 1 aliphatic heterocycles. The van der Waals surface area contributed by atoms with Crippen LogP contribution in [0.5, 0.6) is 0 Å². The first-order chi connectivity index (χ1) is 8.70. The Labute approximate surface area is 129 Å². The van der Waals surface area contributed by atoms with Crippen LogP contribution in [0.25, 0.3) is 0 Å². The van der Waals surface area contributed by atoms with Crippen molar-refractivity contribution < 1.29 is 16.8 Å². The van der Waals surface area contributed by atoms with E-state index in [1.807, 2.05) is 0 Å². The van der Waals surface area contributed by atoms with Gasteiger partial charge in [-0.1, -0.05) is 11.6 Å². The highest BCUT2D eigenvalue weighted by atomic mass is 79.9. The zero-order chi connectivity index (χ0) is 14.3. The molecule has 1 aliphatic rings. The average Bonchev–Trinajstić information content (AvgIpc) is 2.63. The Morgan fingerprint density at radius 2 is 1.95 bits per heavy atom. The van der Waals surface area contributed by atoms with Gasteiger partial charge in [-0.05, 0) is 34.8 Å². The van der Waals surface area contributed by atoms with Crippen LogP contribution in [-0.4, -0.2) is 34.4 Å². The zero-order valence-corrected chi connectivity index (χ0v) is 14.4. The molecule has 1 saturated heterocycles. The molecule has 1 aromatic heterocycles. The minimum Gasteiger partial charge on any atom is -0.229 e. The van der Waals surface area contributed by atoms with Gasteiger partial charge in [-0.25, -0.2) is 21.6 Å². The van der Waals surface area contributed by atoms with Gasteiger partial charge in [0.25, 0.3) is 0 Å². The third-order valence-electron chi connectivity index (χ3n) is 2.76. The van der Waals surface area contributed by atoms with Crippen molar-refractivity contribution in [1.82, 2.24) is 4.72 Å². The molecule has 5 nitrogen and oxygen atoms in total. The Hall–Kier alpha value is 0.330. The third kappa shape index (κ3) is 3.92. The van der Waals surface area contributed by atoms with E-state index in [9.17, 15) is 16.8 Å². The van der Waals surface area contributed by atoms with Crippen molar-refractivity contribution in [3.05, 3.63) is 14.9 Å². The third-order valence-corrected chi connectivity index (χ3v) is 8.95. The van der Waals surface area contributed by atoms with E-state index < -0.39 is 19.9 Å². The van der Waals surface area contributed by atoms with Crippen LogP contribution in [0.3, 0.4) is 0 Å². The number of sulfone groups is 1. The summed E-state index contributed by atoms with van der Waals surface area (Å²) in [6.45, 7) is 0. The van der Waals surface area contributed by atoms with Crippen molar-refractivity contribution in [1.29, 1.82) is 0 Å². The van der Waals surface area contributed by atoms with E-state index in [1.54, 1.807) is 0 Å². The van der Waals surface area contributed by atoms with Crippen LogP contribution in [0.4, 0.5) is 0 Å². The summed E-state index contributed by atoms with van der Waals surface area (Å²) < 4.78 is 50.0. The Kier molecular flexibility index (Phi) is 4.64. The predicted molar refractivity (Wildman–Crippen MR) is 79.0 cm³/mol. The number of nitrogens with one attached hydrogen (secondary N) is 1. The standard InChI is InChI=1S/C9H11BrClNO4S3/c10-9-7(11)5-8(17-9)19(15,16)12-6-1-3-18(13,14)4-2-6/h5-6,12H,1-4H2. The fraction of sp³-hybridized carbons (Fsp3) is 0.556. The molecular weight excluding hydrogens is 398 g/mol. The summed E-state index contributed by atoms with van der Waals surface area (Å²) in [5.41, 5.74) is 0. The van der Waals surface area contributed by atoms with Crippen molar-refractivity contribution >= 4 is 58.7 Å². The maximum atomic E-state index is 12.1. The lowest BCUT2D eigenvalue weighted by molar-refractivity contribution is 0.506. The first-order valence-electron chi connectivity index (χ1n) is 5.37. The van der Waals surface area contributed by atoms with Crippen LogP contribution in [0, 0.1) is 0 Å². The first-order valence-corrected chi connectivity index (χ1v) is 10.7. The maximum absolute atomic E-state index is 12.1. The Morgan fingerprint density at radius 1 is 1.37 bits per heavy atom. The molecule has 0 spiro atoms. The highest BCUT2D eigenvalue weighted by Gasteiger charge is 2.28. The Balaban J connectivity index is 2.10. The van der Waals surface area contributed by atoms with Gasteiger partial charge in [0.05, 0.1) is 20.3 Å². The van der Waals surface area contributed by atoms with E-state index in [-0.39, 0.29) is 21.8 Å². The highest BCUT2D eigenvalue weighted by molar-refractivity contribution is 9.11. The molecule has 0 amide bonds. The van der Waals surface area contributed by atoms with E-state index in [4.69, 9.17) is 11.6 Å². The van der Waals surface area contributed by atoms with Crippen molar-refractivity contribution in [2.75, 3.05) is 11.5 Å². The monoisotopic (exact) mass is 407 g/mol. The minimum atomic E-state index is -3.64. The molecule has 0 aliphatic carbocycles. The number of halogens is 2. The fourth-order valence-electron chi connectivity index (χ4n) is 1.74. The van der Waals surface area contributed by atoms with Crippen LogP contribution >= 0.6 is 38.9 Å². The summed E-state index contributed by atoms with van der Waals surface area (Å²) in [7, 11) is -6.64. The van der Waals surface area contributed by atoms with Crippen LogP contribution in [0.1, 0.15) is 12.8 Å². The van der Waals surface area contributed by atoms with E-state index in [0.717, 1.165) is 11.3 Å². The second kappa shape index (κ2) is 5.61. The van der Waals surface area contributed by atoms with Gasteiger partial charge in [0.2, 0.25) is 10.0 Å². The van der Waals surface area contributed by atoms with Crippen LogP contribution in [0.2, 0.25) is 5.02 Å². The van der Waals surface area contributed by atoms with E-state index in [2.05, 4.69) is 20.7 Å². The normalized spacial score (nSPS) is 20.5. The van der Waals surface area contributed by atoms with Crippen LogP contribution in [0.15, 0.2) is 14.1 Å². The number of thiophene rings is 1. The molecule has 0 atom stereocenters. The quantitative estimate of drug-likeness (QED) is 0.829. The molecule has 1 N–H and O–H groups in total. The first kappa shape index (κ1) is 15.7. The molecule has 0 radical (unpaired) electrons. The molecule has 0 saturated carbocycles. The maximum Gasteiger partial charge on any atom is 0.250 e. The van der Waals surface area contributed by atoms with Crippen LogP contribution < -0.4 is 4.72 Å². The van der Waals surface area contributed by atoms with Crippen LogP contribution in [-0.2, 0) is 19.9 Å². The minimum absolute atomic E-state index is 0.0229. The number of rotatable bonds is 3. The summed E-state index contributed by atoms with van der Waals surface area (Å²) in [4.78, 5) is 0. The van der Waals surface area contributed by atoms with Crippen molar-refractivity contribution in [2.45, 2.75) is 23.1 Å². The van der Waals surface area contributed by atoms with Gasteiger partial charge in [0.15, 0.2) is 0 Å². The summed E-state index contributed by atoms with van der Waals surface area (Å²) >= 11 is 10.00. The molecule has 1 aromatic rings. The Morgan fingerprint density at radius 3 is 2.42 bits per heavy atom. The molecule has 2 heterocycles. The van der Waals surface area contributed by atoms with Crippen molar-refractivity contribution in [3.63, 3.8) is 0 Å². The predicted octanol–water partition coefficient (Wildman–Crippen LogP) is 2.02. The van der Waals surface area contributed by atoms with Gasteiger partial charge in [-0.2, -0.15) is 0 Å². The largest absolute Gasteiger partial charge is 0.250 e. The van der Waals surface area contributed by atoms with Crippen molar-refractivity contribution in [3.8, 4) is 0 Å². The van der Waals surface area contributed by atoms with Gasteiger partial charge in [-0.3, -0.25) is 0 Å². The summed E-state index contributed by atoms with van der Waals surface area (Å²) in [6, 6.07) is 1.03. The molecule has 0 bridgehead atoms. The summed E-state index contributed by atoms with van der Waals surface area (Å²) in [6.07, 6.45) is 0.615. The summed E-state index contributed by atoms with van der Waals surface area (Å²) in [5.74, 6) is 0.0458. The molecule has 1 fully saturated rings. The molecule has 108 valence electrons. The molecular formula is C9H11BrClNO4S3. The molecule has 0 aromatic carbocycles. The average molecular weight is 409 g/mol. The number of hydrogen-bond donors (Lipinski definition) is 1. The lowest BCUT2D eigenvalue weighted by atomic mass is 10.2. The number of sulfonamides is 1. The lowest BCUT2D eigenvalue weighted by Gasteiger charge is -2.22. The second-order valence-electron chi connectivity index (χ2n) is 4.23. The summed E-state index contributed by atoms with van der Waals surface area (Å²) in [5, 5.41) is 0.344. The highest BCUT2D eigenvalue weighted by Crippen LogP contribution is 2.34. The van der Waals surface area contributed by atoms with E-state index in [1.165, 1.54) is 6.07 Å². The van der Waals surface area contributed by atoms with E-state index >= 15 is 0 Å². The topological polar surface area (TPSA) is 80.3 Å². The van der Waals surface area contributed by atoms with Gasteiger partial charge in [0.1, 0.15) is 14.0 Å². The van der Waals surface area contributed by atoms with Crippen molar-refractivity contribution in [2.24, 2.45) is 0 Å². The smallest absolute Gasteiger partial charge is 0.229 e. The molecule has 19 heavy (non-hydrogen) atoms. The lowest BCUT2D eigenvalue weighted by Crippen LogP contribution is -2.40. The molecule has 10 heteroatoms. The second-order valence-corrected chi connectivity index (χ2v) is 11.3. The SMILES string of the molecule is O=S1(=O)CCC(NS(=O)(=O)c2cc(Cl)c(Br)s2)CC1. The number of hydrogen-bond acceptors (Lipinski definition) is 5. The van der Waals surface area contributed by atoms with Gasteiger partial charge in [0, 0.05) is 6.04 Å². The zero-order valence-electron chi connectivity index (χ0n) is 9.60. The molecule has 2 rings (SSSR count). The van der Waals surface area contributed by atoms with E-state index in [0.29, 0.717) is 21.7 Å². The fourth-order valence-corrected chi connectivity index (χ4v) is 6.96. The van der Waals surface area contributed by atoms with Gasteiger partial charge in [-0.15, -0.1) is 11.3 Å².